The molecule has 0 bridgehead atoms. The second-order valence-corrected chi connectivity index (χ2v) is 6.76. The van der Waals surface area contributed by atoms with Gasteiger partial charge in [0.2, 0.25) is 0 Å². The van der Waals surface area contributed by atoms with Crippen LogP contribution < -0.4 is 20.3 Å². The van der Waals surface area contributed by atoms with Crippen molar-refractivity contribution in [2.24, 2.45) is 0 Å². The zero-order chi connectivity index (χ0) is 19.2. The van der Waals surface area contributed by atoms with Gasteiger partial charge in [-0.1, -0.05) is 18.2 Å². The maximum absolute atomic E-state index is 12.2. The van der Waals surface area contributed by atoms with Gasteiger partial charge in [0, 0.05) is 30.2 Å². The van der Waals surface area contributed by atoms with Gasteiger partial charge < -0.3 is 20.3 Å². The second kappa shape index (κ2) is 8.48. The Kier molecular flexibility index (Phi) is 5.43. The number of rotatable bonds is 5. The number of nitrogens with zero attached hydrogens (tertiary/aromatic N) is 1. The number of nitrogens with one attached hydrogen (secondary N) is 2. The minimum Gasteiger partial charge on any atom is -0.457 e. The molecule has 0 radical (unpaired) electrons. The molecule has 1 fully saturated rings. The lowest BCUT2D eigenvalue weighted by atomic mass is 10.2. The summed E-state index contributed by atoms with van der Waals surface area (Å²) in [6.07, 6.45) is 2.50. The van der Waals surface area contributed by atoms with Crippen molar-refractivity contribution in [3.05, 3.63) is 78.9 Å². The van der Waals surface area contributed by atoms with Crippen molar-refractivity contribution in [3.63, 3.8) is 0 Å². The van der Waals surface area contributed by atoms with E-state index in [1.54, 1.807) is 0 Å². The van der Waals surface area contributed by atoms with E-state index in [2.05, 4.69) is 27.7 Å². The monoisotopic (exact) mass is 373 g/mol. The van der Waals surface area contributed by atoms with E-state index in [1.807, 2.05) is 66.7 Å². The molecule has 5 nitrogen and oxygen atoms in total. The number of ether oxygens (including phenoxy) is 1. The number of benzene rings is 3. The van der Waals surface area contributed by atoms with Gasteiger partial charge in [-0.05, 0) is 73.5 Å². The highest BCUT2D eigenvalue weighted by Gasteiger charge is 2.12. The number of urea groups is 1. The third-order valence-electron chi connectivity index (χ3n) is 4.69. The lowest BCUT2D eigenvalue weighted by Gasteiger charge is -2.17. The van der Waals surface area contributed by atoms with Gasteiger partial charge in [-0.25, -0.2) is 4.79 Å². The number of carbonyl (C=O) groups is 1. The maximum Gasteiger partial charge on any atom is 0.323 e. The van der Waals surface area contributed by atoms with E-state index in [1.165, 1.54) is 18.5 Å². The fourth-order valence-electron chi connectivity index (χ4n) is 3.26. The molecular weight excluding hydrogens is 350 g/mol. The summed E-state index contributed by atoms with van der Waals surface area (Å²) < 4.78 is 5.76. The Morgan fingerprint density at radius 1 is 0.714 bits per heavy atom. The number of para-hydroxylation sites is 1. The van der Waals surface area contributed by atoms with E-state index in [0.29, 0.717) is 5.69 Å². The normalized spacial score (nSPS) is 13.2. The van der Waals surface area contributed by atoms with Gasteiger partial charge in [0.1, 0.15) is 11.5 Å². The third kappa shape index (κ3) is 4.62. The maximum atomic E-state index is 12.2. The molecule has 3 aromatic carbocycles. The number of anilines is 3. The fourth-order valence-corrected chi connectivity index (χ4v) is 3.26. The van der Waals surface area contributed by atoms with Crippen LogP contribution in [0.5, 0.6) is 11.5 Å². The molecule has 142 valence electrons. The Balaban J connectivity index is 1.30. The minimum absolute atomic E-state index is 0.273. The van der Waals surface area contributed by atoms with Crippen LogP contribution in [0.1, 0.15) is 12.8 Å². The van der Waals surface area contributed by atoms with Crippen molar-refractivity contribution in [3.8, 4) is 11.5 Å². The van der Waals surface area contributed by atoms with E-state index in [0.717, 1.165) is 30.3 Å². The zero-order valence-corrected chi connectivity index (χ0v) is 15.6. The molecular formula is C23H23N3O2. The topological polar surface area (TPSA) is 53.6 Å². The van der Waals surface area contributed by atoms with Gasteiger partial charge in [0.25, 0.3) is 0 Å². The van der Waals surface area contributed by atoms with Crippen molar-refractivity contribution in [2.45, 2.75) is 12.8 Å². The standard InChI is InChI=1S/C23H23N3O2/c27-23(24-18-8-12-20(13-9-18)26-16-4-5-17-26)25-19-10-14-22(15-11-19)28-21-6-2-1-3-7-21/h1-3,6-15H,4-5,16-17H2,(H2,24,25,27). The largest absolute Gasteiger partial charge is 0.457 e. The first-order chi connectivity index (χ1) is 13.8. The summed E-state index contributed by atoms with van der Waals surface area (Å²) in [6, 6.07) is 24.6. The molecule has 0 saturated carbocycles. The summed E-state index contributed by atoms with van der Waals surface area (Å²) in [5.74, 6) is 1.49. The van der Waals surface area contributed by atoms with Crippen molar-refractivity contribution in [1.82, 2.24) is 0 Å². The molecule has 2 amide bonds. The summed E-state index contributed by atoms with van der Waals surface area (Å²) in [5.41, 5.74) is 2.67. The van der Waals surface area contributed by atoms with E-state index >= 15 is 0 Å². The molecule has 0 spiro atoms. The van der Waals surface area contributed by atoms with E-state index < -0.39 is 0 Å². The Morgan fingerprint density at radius 3 is 1.86 bits per heavy atom. The summed E-state index contributed by atoms with van der Waals surface area (Å²) in [7, 11) is 0. The fraction of sp³-hybridized carbons (Fsp3) is 0.174. The quantitative estimate of drug-likeness (QED) is 0.601. The van der Waals surface area contributed by atoms with Gasteiger partial charge >= 0.3 is 6.03 Å². The van der Waals surface area contributed by atoms with Crippen LogP contribution in [0, 0.1) is 0 Å². The molecule has 1 heterocycles. The van der Waals surface area contributed by atoms with Gasteiger partial charge in [0.05, 0.1) is 0 Å². The molecule has 2 N–H and O–H groups in total. The summed E-state index contributed by atoms with van der Waals surface area (Å²) in [4.78, 5) is 14.6. The van der Waals surface area contributed by atoms with Crippen LogP contribution in [0.4, 0.5) is 21.9 Å². The van der Waals surface area contributed by atoms with Crippen LogP contribution in [0.3, 0.4) is 0 Å². The summed E-state index contributed by atoms with van der Waals surface area (Å²) in [6.45, 7) is 2.22. The summed E-state index contributed by atoms with van der Waals surface area (Å²) >= 11 is 0. The van der Waals surface area contributed by atoms with Crippen molar-refractivity contribution >= 4 is 23.1 Å². The molecule has 28 heavy (non-hydrogen) atoms. The van der Waals surface area contributed by atoms with E-state index in [-0.39, 0.29) is 6.03 Å². The zero-order valence-electron chi connectivity index (χ0n) is 15.6. The van der Waals surface area contributed by atoms with Crippen molar-refractivity contribution < 1.29 is 9.53 Å². The van der Waals surface area contributed by atoms with E-state index in [4.69, 9.17) is 4.74 Å². The molecule has 5 heteroatoms. The Bertz CT molecular complexity index is 903. The number of hydrogen-bond acceptors (Lipinski definition) is 3. The first-order valence-corrected chi connectivity index (χ1v) is 9.52. The lowest BCUT2D eigenvalue weighted by molar-refractivity contribution is 0.262. The highest BCUT2D eigenvalue weighted by atomic mass is 16.5. The lowest BCUT2D eigenvalue weighted by Crippen LogP contribution is -2.20. The van der Waals surface area contributed by atoms with Crippen LogP contribution in [-0.4, -0.2) is 19.1 Å². The average molecular weight is 373 g/mol. The van der Waals surface area contributed by atoms with Gasteiger partial charge in [0.15, 0.2) is 0 Å². The molecule has 0 aromatic heterocycles. The van der Waals surface area contributed by atoms with Crippen LogP contribution >= 0.6 is 0 Å². The molecule has 1 aliphatic heterocycles. The number of amides is 2. The van der Waals surface area contributed by atoms with Gasteiger partial charge in [-0.3, -0.25) is 0 Å². The van der Waals surface area contributed by atoms with Gasteiger partial charge in [-0.2, -0.15) is 0 Å². The average Bonchev–Trinajstić information content (AvgIpc) is 3.26. The molecule has 0 unspecified atom stereocenters. The SMILES string of the molecule is O=C(Nc1ccc(Oc2ccccc2)cc1)Nc1ccc(N2CCCC2)cc1. The Labute approximate surface area is 164 Å². The van der Waals surface area contributed by atoms with Crippen molar-refractivity contribution in [2.75, 3.05) is 28.6 Å². The van der Waals surface area contributed by atoms with Crippen molar-refractivity contribution in [1.29, 1.82) is 0 Å². The van der Waals surface area contributed by atoms with E-state index in [9.17, 15) is 4.79 Å². The van der Waals surface area contributed by atoms with Crippen LogP contribution in [-0.2, 0) is 0 Å². The summed E-state index contributed by atoms with van der Waals surface area (Å²) in [5, 5.41) is 5.70. The molecule has 1 saturated heterocycles. The molecule has 0 atom stereocenters. The highest BCUT2D eigenvalue weighted by molar-refractivity contribution is 5.99. The minimum atomic E-state index is -0.273. The Morgan fingerprint density at radius 2 is 1.25 bits per heavy atom. The molecule has 0 aliphatic carbocycles. The first-order valence-electron chi connectivity index (χ1n) is 9.52. The molecule has 1 aliphatic rings. The third-order valence-corrected chi connectivity index (χ3v) is 4.69. The Hall–Kier alpha value is -3.47. The van der Waals surface area contributed by atoms with Gasteiger partial charge in [-0.15, -0.1) is 0 Å². The molecule has 3 aromatic rings. The predicted molar refractivity (Wildman–Crippen MR) is 113 cm³/mol. The second-order valence-electron chi connectivity index (χ2n) is 6.76. The predicted octanol–water partition coefficient (Wildman–Crippen LogP) is 5.72. The first kappa shape index (κ1) is 17.9. The van der Waals surface area contributed by atoms with Crippen LogP contribution in [0.25, 0.3) is 0 Å². The number of hydrogen-bond donors (Lipinski definition) is 2. The van der Waals surface area contributed by atoms with Crippen LogP contribution in [0.2, 0.25) is 0 Å². The van der Waals surface area contributed by atoms with Crippen LogP contribution in [0.15, 0.2) is 78.9 Å². The smallest absolute Gasteiger partial charge is 0.323 e. The number of carbonyl (C=O) groups excluding carboxylic acids is 1. The molecule has 4 rings (SSSR count). The highest BCUT2D eigenvalue weighted by Crippen LogP contribution is 2.24.